The van der Waals surface area contributed by atoms with Crippen molar-refractivity contribution in [3.8, 4) is 0 Å². The number of nitrogens with one attached hydrogen (secondary N) is 2. The first kappa shape index (κ1) is 18.1. The fourth-order valence-electron chi connectivity index (χ4n) is 2.12. The molecular formula is C13H23N3O3S2. The van der Waals surface area contributed by atoms with E-state index in [0.717, 1.165) is 17.8 Å². The van der Waals surface area contributed by atoms with Gasteiger partial charge in [0.2, 0.25) is 5.91 Å². The van der Waals surface area contributed by atoms with Crippen molar-refractivity contribution in [2.45, 2.75) is 36.9 Å². The Morgan fingerprint density at radius 3 is 2.62 bits per heavy atom. The van der Waals surface area contributed by atoms with Crippen LogP contribution >= 0.6 is 11.3 Å². The third-order valence-electron chi connectivity index (χ3n) is 2.93. The minimum atomic E-state index is -3.62. The maximum Gasteiger partial charge on any atom is 0.250 e. The number of hydrogen-bond donors (Lipinski definition) is 3. The van der Waals surface area contributed by atoms with Crippen LogP contribution in [-0.2, 0) is 14.8 Å². The molecule has 8 heteroatoms. The first-order valence-corrected chi connectivity index (χ1v) is 9.09. The van der Waals surface area contributed by atoms with Crippen molar-refractivity contribution in [2.75, 3.05) is 13.1 Å². The van der Waals surface area contributed by atoms with Crippen molar-refractivity contribution in [1.29, 1.82) is 0 Å². The van der Waals surface area contributed by atoms with Gasteiger partial charge in [0.1, 0.15) is 4.21 Å². The van der Waals surface area contributed by atoms with E-state index in [1.165, 1.54) is 6.07 Å². The van der Waals surface area contributed by atoms with Crippen molar-refractivity contribution >= 4 is 27.3 Å². The van der Waals surface area contributed by atoms with Crippen LogP contribution in [0.4, 0.5) is 0 Å². The summed E-state index contributed by atoms with van der Waals surface area (Å²) in [5, 5.41) is 4.47. The monoisotopic (exact) mass is 333 g/mol. The van der Waals surface area contributed by atoms with Gasteiger partial charge in [0, 0.05) is 12.1 Å². The molecule has 0 radical (unpaired) electrons. The fourth-order valence-corrected chi connectivity index (χ4v) is 4.13. The lowest BCUT2D eigenvalue weighted by atomic mass is 9.91. The van der Waals surface area contributed by atoms with Gasteiger partial charge in [0.25, 0.3) is 10.0 Å². The highest BCUT2D eigenvalue weighted by Crippen LogP contribution is 2.16. The lowest BCUT2D eigenvalue weighted by molar-refractivity contribution is -0.121. The van der Waals surface area contributed by atoms with Crippen LogP contribution in [0.1, 0.15) is 27.2 Å². The smallest absolute Gasteiger partial charge is 0.250 e. The van der Waals surface area contributed by atoms with E-state index in [0.29, 0.717) is 12.5 Å². The van der Waals surface area contributed by atoms with Gasteiger partial charge in [-0.2, -0.15) is 0 Å². The second kappa shape index (κ2) is 7.35. The molecule has 0 aromatic carbocycles. The third kappa shape index (κ3) is 5.74. The van der Waals surface area contributed by atoms with Crippen molar-refractivity contribution in [2.24, 2.45) is 11.7 Å². The van der Waals surface area contributed by atoms with Crippen molar-refractivity contribution in [1.82, 2.24) is 10.0 Å². The first-order chi connectivity index (χ1) is 9.68. The highest BCUT2D eigenvalue weighted by Gasteiger charge is 2.26. The number of amides is 1. The molecule has 1 amide bonds. The molecule has 6 nitrogen and oxygen atoms in total. The molecule has 120 valence electrons. The number of carbonyl (C=O) groups is 1. The Bertz CT molecular complexity index is 555. The predicted octanol–water partition coefficient (Wildman–Crippen LogP) is 0.906. The van der Waals surface area contributed by atoms with Gasteiger partial charge in [0.05, 0.1) is 6.54 Å². The highest BCUT2D eigenvalue weighted by atomic mass is 32.2. The number of rotatable bonds is 8. The Morgan fingerprint density at radius 1 is 1.48 bits per heavy atom. The van der Waals surface area contributed by atoms with Crippen LogP contribution in [0.25, 0.3) is 0 Å². The van der Waals surface area contributed by atoms with E-state index in [-0.39, 0.29) is 16.7 Å². The Kier molecular flexibility index (Phi) is 6.33. The van der Waals surface area contributed by atoms with Crippen LogP contribution < -0.4 is 15.8 Å². The van der Waals surface area contributed by atoms with Crippen LogP contribution in [0.2, 0.25) is 0 Å². The van der Waals surface area contributed by atoms with E-state index in [1.807, 2.05) is 20.8 Å². The van der Waals surface area contributed by atoms with E-state index >= 15 is 0 Å². The predicted molar refractivity (Wildman–Crippen MR) is 84.6 cm³/mol. The normalized spacial score (nSPS) is 14.9. The van der Waals surface area contributed by atoms with E-state index in [2.05, 4.69) is 10.0 Å². The largest absolute Gasteiger partial charge is 0.349 e. The van der Waals surface area contributed by atoms with Crippen LogP contribution in [-0.4, -0.2) is 33.0 Å². The number of hydrogen-bond acceptors (Lipinski definition) is 5. The van der Waals surface area contributed by atoms with E-state index in [9.17, 15) is 13.2 Å². The fraction of sp³-hybridized carbons (Fsp3) is 0.615. The summed E-state index contributed by atoms with van der Waals surface area (Å²) >= 11 is 1.11. The molecule has 0 fully saturated rings. The number of sulfonamides is 1. The third-order valence-corrected chi connectivity index (χ3v) is 5.73. The summed E-state index contributed by atoms with van der Waals surface area (Å²) in [5.41, 5.74) is 5.18. The molecular weight excluding hydrogens is 310 g/mol. The Hall–Kier alpha value is -0.960. The van der Waals surface area contributed by atoms with Gasteiger partial charge >= 0.3 is 0 Å². The molecule has 1 rings (SSSR count). The second-order valence-electron chi connectivity index (χ2n) is 5.67. The molecule has 0 saturated carbocycles. The standard InChI is InChI=1S/C13H23N3O3S2/c1-10(2)7-13(3,9-14)16-11(17)8-15-21(18,19)12-5-4-6-20-12/h4-6,10,15H,7-9,14H2,1-3H3,(H,16,17). The van der Waals surface area contributed by atoms with Gasteiger partial charge < -0.3 is 11.1 Å². The number of carbonyl (C=O) groups excluding carboxylic acids is 1. The molecule has 1 atom stereocenters. The average Bonchev–Trinajstić information content (AvgIpc) is 2.90. The molecule has 0 aliphatic heterocycles. The number of nitrogens with two attached hydrogens (primary N) is 1. The molecule has 1 aromatic heterocycles. The van der Waals surface area contributed by atoms with Crippen molar-refractivity contribution in [3.05, 3.63) is 17.5 Å². The maximum absolute atomic E-state index is 11.9. The Labute approximate surface area is 130 Å². The van der Waals surface area contributed by atoms with Crippen molar-refractivity contribution in [3.63, 3.8) is 0 Å². The average molecular weight is 333 g/mol. The quantitative estimate of drug-likeness (QED) is 0.658. The summed E-state index contributed by atoms with van der Waals surface area (Å²) in [4.78, 5) is 11.9. The molecule has 0 spiro atoms. The Morgan fingerprint density at radius 2 is 2.14 bits per heavy atom. The molecule has 0 bridgehead atoms. The minimum absolute atomic E-state index is 0.194. The topological polar surface area (TPSA) is 101 Å². The van der Waals surface area contributed by atoms with E-state index in [4.69, 9.17) is 5.73 Å². The van der Waals surface area contributed by atoms with Gasteiger partial charge in [-0.15, -0.1) is 11.3 Å². The van der Waals surface area contributed by atoms with Crippen molar-refractivity contribution < 1.29 is 13.2 Å². The van der Waals surface area contributed by atoms with Crippen LogP contribution in [0.15, 0.2) is 21.7 Å². The number of thiophene rings is 1. The van der Waals surface area contributed by atoms with Crippen LogP contribution in [0.5, 0.6) is 0 Å². The lowest BCUT2D eigenvalue weighted by Crippen LogP contribution is -2.54. The molecule has 0 aliphatic carbocycles. The van der Waals surface area contributed by atoms with Gasteiger partial charge in [-0.1, -0.05) is 19.9 Å². The van der Waals surface area contributed by atoms with E-state index < -0.39 is 15.6 Å². The SMILES string of the molecule is CC(C)CC(C)(CN)NC(=O)CNS(=O)(=O)c1cccs1. The summed E-state index contributed by atoms with van der Waals surface area (Å²) in [7, 11) is -3.62. The molecule has 0 aliphatic rings. The van der Waals surface area contributed by atoms with Crippen LogP contribution in [0, 0.1) is 5.92 Å². The maximum atomic E-state index is 11.9. The minimum Gasteiger partial charge on any atom is -0.349 e. The second-order valence-corrected chi connectivity index (χ2v) is 8.61. The summed E-state index contributed by atoms with van der Waals surface area (Å²) in [6.07, 6.45) is 0.729. The summed E-state index contributed by atoms with van der Waals surface area (Å²) in [6.45, 7) is 5.94. The first-order valence-electron chi connectivity index (χ1n) is 6.73. The lowest BCUT2D eigenvalue weighted by Gasteiger charge is -2.31. The molecule has 0 saturated heterocycles. The van der Waals surface area contributed by atoms with E-state index in [1.54, 1.807) is 11.4 Å². The molecule has 1 unspecified atom stereocenters. The zero-order valence-electron chi connectivity index (χ0n) is 12.5. The highest BCUT2D eigenvalue weighted by molar-refractivity contribution is 7.91. The zero-order chi connectivity index (χ0) is 16.1. The zero-order valence-corrected chi connectivity index (χ0v) is 14.2. The van der Waals surface area contributed by atoms with Gasteiger partial charge in [-0.05, 0) is 30.7 Å². The molecule has 1 heterocycles. The summed E-state index contributed by atoms with van der Waals surface area (Å²) < 4.78 is 26.3. The summed E-state index contributed by atoms with van der Waals surface area (Å²) in [5.74, 6) is -0.00890. The Balaban J connectivity index is 2.58. The van der Waals surface area contributed by atoms with Gasteiger partial charge in [-0.3, -0.25) is 4.79 Å². The van der Waals surface area contributed by atoms with Gasteiger partial charge in [0.15, 0.2) is 0 Å². The molecule has 21 heavy (non-hydrogen) atoms. The summed E-state index contributed by atoms with van der Waals surface area (Å²) in [6, 6.07) is 3.14. The van der Waals surface area contributed by atoms with Gasteiger partial charge in [-0.25, -0.2) is 13.1 Å². The molecule has 1 aromatic rings. The molecule has 4 N–H and O–H groups in total. The van der Waals surface area contributed by atoms with Crippen LogP contribution in [0.3, 0.4) is 0 Å².